The fourth-order valence-electron chi connectivity index (χ4n) is 2.71. The lowest BCUT2D eigenvalue weighted by molar-refractivity contribution is 0.101. The Balaban J connectivity index is 2.27. The van der Waals surface area contributed by atoms with Gasteiger partial charge in [0, 0.05) is 29.5 Å². The van der Waals surface area contributed by atoms with Crippen LogP contribution in [0.1, 0.15) is 49.9 Å². The molecule has 18 heavy (non-hydrogen) atoms. The number of nitrogens with zero attached hydrogens (tertiary/aromatic N) is 1. The molecule has 1 aliphatic heterocycles. The van der Waals surface area contributed by atoms with Crippen molar-refractivity contribution in [2.75, 3.05) is 17.2 Å². The first-order valence-corrected chi connectivity index (χ1v) is 6.76. The van der Waals surface area contributed by atoms with Gasteiger partial charge >= 0.3 is 0 Å². The zero-order valence-electron chi connectivity index (χ0n) is 11.3. The number of benzene rings is 1. The van der Waals surface area contributed by atoms with E-state index in [0.29, 0.717) is 17.3 Å². The van der Waals surface area contributed by atoms with Gasteiger partial charge in [0.05, 0.1) is 0 Å². The zero-order valence-corrected chi connectivity index (χ0v) is 11.3. The number of Topliss-reactive ketones (excluding diaryl/α,β-unsaturated/α-hetero) is 1. The number of hydrogen-bond donors (Lipinski definition) is 1. The third kappa shape index (κ3) is 2.66. The average Bonchev–Trinajstić information content (AvgIpc) is 2.53. The summed E-state index contributed by atoms with van der Waals surface area (Å²) in [5.41, 5.74) is 8.33. The summed E-state index contributed by atoms with van der Waals surface area (Å²) in [6.07, 6.45) is 5.08. The van der Waals surface area contributed by atoms with E-state index in [2.05, 4.69) is 11.8 Å². The predicted octanol–water partition coefficient (Wildman–Crippen LogP) is 3.24. The van der Waals surface area contributed by atoms with Crippen molar-refractivity contribution < 1.29 is 4.79 Å². The Bertz CT molecular complexity index is 442. The van der Waals surface area contributed by atoms with Gasteiger partial charge in [-0.25, -0.2) is 0 Å². The van der Waals surface area contributed by atoms with Crippen LogP contribution in [-0.2, 0) is 0 Å². The van der Waals surface area contributed by atoms with Gasteiger partial charge in [-0.2, -0.15) is 0 Å². The van der Waals surface area contributed by atoms with Crippen LogP contribution in [0.3, 0.4) is 0 Å². The van der Waals surface area contributed by atoms with Crippen LogP contribution < -0.4 is 10.6 Å². The minimum Gasteiger partial charge on any atom is -0.398 e. The molecule has 3 heteroatoms. The van der Waals surface area contributed by atoms with E-state index < -0.39 is 0 Å². The van der Waals surface area contributed by atoms with Crippen LogP contribution in [0.15, 0.2) is 18.2 Å². The number of anilines is 2. The second-order valence-electron chi connectivity index (χ2n) is 5.22. The summed E-state index contributed by atoms with van der Waals surface area (Å²) in [6.45, 7) is 4.90. The van der Waals surface area contributed by atoms with Gasteiger partial charge in [-0.3, -0.25) is 4.79 Å². The van der Waals surface area contributed by atoms with Crippen molar-refractivity contribution in [3.8, 4) is 0 Å². The average molecular weight is 246 g/mol. The highest BCUT2D eigenvalue weighted by Gasteiger charge is 2.18. The maximum atomic E-state index is 11.4. The Hall–Kier alpha value is -1.51. The van der Waals surface area contributed by atoms with Crippen molar-refractivity contribution in [2.24, 2.45) is 0 Å². The molecular formula is C15H22N2O. The summed E-state index contributed by atoms with van der Waals surface area (Å²) in [7, 11) is 0. The molecule has 1 aromatic carbocycles. The second-order valence-corrected chi connectivity index (χ2v) is 5.22. The van der Waals surface area contributed by atoms with Crippen molar-refractivity contribution in [1.29, 1.82) is 0 Å². The molecule has 2 rings (SSSR count). The highest BCUT2D eigenvalue weighted by molar-refractivity contribution is 5.99. The topological polar surface area (TPSA) is 46.3 Å². The van der Waals surface area contributed by atoms with E-state index >= 15 is 0 Å². The molecule has 0 saturated carbocycles. The molecule has 1 aliphatic rings. The highest BCUT2D eigenvalue weighted by atomic mass is 16.1. The summed E-state index contributed by atoms with van der Waals surface area (Å²) in [4.78, 5) is 13.8. The van der Waals surface area contributed by atoms with E-state index in [1.54, 1.807) is 6.92 Å². The number of ketones is 1. The van der Waals surface area contributed by atoms with Gasteiger partial charge < -0.3 is 10.6 Å². The highest BCUT2D eigenvalue weighted by Crippen LogP contribution is 2.27. The van der Waals surface area contributed by atoms with E-state index in [-0.39, 0.29) is 5.78 Å². The number of nitrogens with two attached hydrogens (primary N) is 1. The predicted molar refractivity (Wildman–Crippen MR) is 76.1 cm³/mol. The van der Waals surface area contributed by atoms with E-state index in [9.17, 15) is 4.79 Å². The molecule has 1 aromatic rings. The standard InChI is InChI=1S/C15H22N2O/c1-11-6-4-3-5-9-17(11)13-7-8-14(12(2)18)15(16)10-13/h7-8,10-11H,3-6,9,16H2,1-2H3. The SMILES string of the molecule is CC(=O)c1ccc(N2CCCCCC2C)cc1N. The molecule has 1 unspecified atom stereocenters. The molecule has 1 saturated heterocycles. The molecule has 3 nitrogen and oxygen atoms in total. The lowest BCUT2D eigenvalue weighted by atomic mass is 10.1. The molecule has 0 bridgehead atoms. The Labute approximate surface area is 109 Å². The Kier molecular flexibility index (Phi) is 3.90. The molecule has 0 aliphatic carbocycles. The first kappa shape index (κ1) is 12.9. The smallest absolute Gasteiger partial charge is 0.161 e. The van der Waals surface area contributed by atoms with Crippen molar-refractivity contribution in [3.63, 3.8) is 0 Å². The van der Waals surface area contributed by atoms with Crippen LogP contribution in [0, 0.1) is 0 Å². The van der Waals surface area contributed by atoms with Crippen LogP contribution in [0.4, 0.5) is 11.4 Å². The van der Waals surface area contributed by atoms with Crippen LogP contribution in [0.25, 0.3) is 0 Å². The Morgan fingerprint density at radius 2 is 2.11 bits per heavy atom. The van der Waals surface area contributed by atoms with E-state index in [0.717, 1.165) is 12.2 Å². The van der Waals surface area contributed by atoms with Crippen LogP contribution in [0.5, 0.6) is 0 Å². The van der Waals surface area contributed by atoms with Gasteiger partial charge in [0.1, 0.15) is 0 Å². The maximum absolute atomic E-state index is 11.4. The lowest BCUT2D eigenvalue weighted by Crippen LogP contribution is -2.32. The van der Waals surface area contributed by atoms with Gasteiger partial charge in [0.25, 0.3) is 0 Å². The zero-order chi connectivity index (χ0) is 13.1. The van der Waals surface area contributed by atoms with Gasteiger partial charge in [-0.05, 0) is 44.9 Å². The molecule has 2 N–H and O–H groups in total. The van der Waals surface area contributed by atoms with Gasteiger partial charge in [0.15, 0.2) is 5.78 Å². The summed E-state index contributed by atoms with van der Waals surface area (Å²) >= 11 is 0. The Morgan fingerprint density at radius 3 is 2.78 bits per heavy atom. The largest absolute Gasteiger partial charge is 0.398 e. The number of rotatable bonds is 2. The molecule has 0 aromatic heterocycles. The fraction of sp³-hybridized carbons (Fsp3) is 0.533. The van der Waals surface area contributed by atoms with Crippen LogP contribution in [0.2, 0.25) is 0 Å². The van der Waals surface area contributed by atoms with E-state index in [1.807, 2.05) is 18.2 Å². The summed E-state index contributed by atoms with van der Waals surface area (Å²) < 4.78 is 0. The van der Waals surface area contributed by atoms with Gasteiger partial charge in [0.2, 0.25) is 0 Å². The number of carbonyl (C=O) groups excluding carboxylic acids is 1. The summed E-state index contributed by atoms with van der Waals surface area (Å²) in [5.74, 6) is 0.0305. The Morgan fingerprint density at radius 1 is 1.33 bits per heavy atom. The van der Waals surface area contributed by atoms with Crippen molar-refractivity contribution in [1.82, 2.24) is 0 Å². The molecule has 0 amide bonds. The van der Waals surface area contributed by atoms with Crippen LogP contribution in [-0.4, -0.2) is 18.4 Å². The van der Waals surface area contributed by atoms with Crippen molar-refractivity contribution in [2.45, 2.75) is 45.6 Å². The number of hydrogen-bond acceptors (Lipinski definition) is 3. The first-order valence-electron chi connectivity index (χ1n) is 6.76. The maximum Gasteiger partial charge on any atom is 0.161 e. The lowest BCUT2D eigenvalue weighted by Gasteiger charge is -2.29. The van der Waals surface area contributed by atoms with Gasteiger partial charge in [-0.15, -0.1) is 0 Å². The van der Waals surface area contributed by atoms with Crippen molar-refractivity contribution >= 4 is 17.2 Å². The second kappa shape index (κ2) is 5.42. The third-order valence-corrected chi connectivity index (χ3v) is 3.80. The number of carbonyl (C=O) groups is 1. The van der Waals surface area contributed by atoms with Crippen molar-refractivity contribution in [3.05, 3.63) is 23.8 Å². The third-order valence-electron chi connectivity index (χ3n) is 3.80. The summed E-state index contributed by atoms with van der Waals surface area (Å²) in [5, 5.41) is 0. The molecule has 1 heterocycles. The molecule has 1 atom stereocenters. The van der Waals surface area contributed by atoms with E-state index in [1.165, 1.54) is 25.7 Å². The molecule has 0 spiro atoms. The number of nitrogen functional groups attached to an aromatic ring is 1. The molecule has 98 valence electrons. The summed E-state index contributed by atoms with van der Waals surface area (Å²) in [6, 6.07) is 6.37. The fourth-order valence-corrected chi connectivity index (χ4v) is 2.71. The molecular weight excluding hydrogens is 224 g/mol. The first-order chi connectivity index (χ1) is 8.59. The molecule has 1 fully saturated rings. The minimum absolute atomic E-state index is 0.0305. The monoisotopic (exact) mass is 246 g/mol. The van der Waals surface area contributed by atoms with Crippen LogP contribution >= 0.6 is 0 Å². The normalized spacial score (nSPS) is 20.6. The van der Waals surface area contributed by atoms with E-state index in [4.69, 9.17) is 5.73 Å². The minimum atomic E-state index is 0.0305. The molecule has 0 radical (unpaired) electrons. The quantitative estimate of drug-likeness (QED) is 0.643. The van der Waals surface area contributed by atoms with Gasteiger partial charge in [-0.1, -0.05) is 12.8 Å².